The summed E-state index contributed by atoms with van der Waals surface area (Å²) in [4.78, 5) is 11.6. The summed E-state index contributed by atoms with van der Waals surface area (Å²) in [5, 5.41) is 0.525. The summed E-state index contributed by atoms with van der Waals surface area (Å²) >= 11 is 7.21. The Labute approximate surface area is 216 Å². The topological polar surface area (TPSA) is 83.8 Å². The van der Waals surface area contributed by atoms with Gasteiger partial charge in [0.25, 0.3) is 10.0 Å². The number of nitrogens with one attached hydrogen (secondary N) is 1. The van der Waals surface area contributed by atoms with Gasteiger partial charge in [0, 0.05) is 11.0 Å². The van der Waals surface area contributed by atoms with E-state index in [2.05, 4.69) is 21.7 Å². The van der Waals surface area contributed by atoms with Crippen LogP contribution in [0.2, 0.25) is 0 Å². The van der Waals surface area contributed by atoms with E-state index >= 15 is 4.39 Å². The Hall–Kier alpha value is -3.02. The molecule has 0 saturated carbocycles. The predicted octanol–water partition coefficient (Wildman–Crippen LogP) is 6.98. The quantitative estimate of drug-likeness (QED) is 0.203. The van der Waals surface area contributed by atoms with Crippen LogP contribution in [0, 0.1) is 17.5 Å². The molecule has 0 saturated heterocycles. The minimum Gasteiger partial charge on any atom is -0.276 e. The van der Waals surface area contributed by atoms with Gasteiger partial charge in [0.1, 0.15) is 11.6 Å². The highest BCUT2D eigenvalue weighted by Crippen LogP contribution is 2.41. The number of amidine groups is 1. The molecule has 0 atom stereocenters. The molecule has 0 spiro atoms. The van der Waals surface area contributed by atoms with Gasteiger partial charge in [-0.15, -0.1) is 11.3 Å². The van der Waals surface area contributed by atoms with E-state index in [0.717, 1.165) is 24.3 Å². The standard InChI is InChI=1S/C24H22ClF3N4O2S2/c1-6-16(30-23(25)29-5)20-19(31-22(35-20)24(2,3)4)13-9-7-12-17(18(13)28)32-36(33,34)21-14(26)10-8-11-15(21)27/h6-12,32H,5H2,1-4H3/b16-6-,30-23?. The van der Waals surface area contributed by atoms with E-state index in [1.165, 1.54) is 23.5 Å². The van der Waals surface area contributed by atoms with Gasteiger partial charge in [-0.25, -0.2) is 36.6 Å². The molecule has 0 amide bonds. The van der Waals surface area contributed by atoms with Gasteiger partial charge in [-0.3, -0.25) is 4.72 Å². The van der Waals surface area contributed by atoms with Crippen molar-refractivity contribution < 1.29 is 21.6 Å². The number of aromatic nitrogens is 1. The number of hydrogen-bond acceptors (Lipinski definition) is 5. The van der Waals surface area contributed by atoms with Crippen LogP contribution in [0.3, 0.4) is 0 Å². The predicted molar refractivity (Wildman–Crippen MR) is 140 cm³/mol. The first-order valence-corrected chi connectivity index (χ1v) is 13.1. The molecule has 3 aromatic rings. The Balaban J connectivity index is 2.19. The molecule has 0 aliphatic rings. The summed E-state index contributed by atoms with van der Waals surface area (Å²) in [7, 11) is -4.79. The molecule has 0 aliphatic heterocycles. The van der Waals surface area contributed by atoms with Crippen molar-refractivity contribution in [1.82, 2.24) is 4.98 Å². The van der Waals surface area contributed by atoms with Crippen LogP contribution in [0.5, 0.6) is 0 Å². The number of anilines is 1. The Morgan fingerprint density at radius 2 is 1.75 bits per heavy atom. The van der Waals surface area contributed by atoms with Crippen molar-refractivity contribution >= 4 is 56.4 Å². The minimum atomic E-state index is -4.79. The summed E-state index contributed by atoms with van der Waals surface area (Å²) in [6.45, 7) is 10.8. The third-order valence-corrected chi connectivity index (χ3v) is 7.93. The normalized spacial score (nSPS) is 13.1. The van der Waals surface area contributed by atoms with Gasteiger partial charge >= 0.3 is 0 Å². The van der Waals surface area contributed by atoms with Crippen molar-refractivity contribution in [3.63, 3.8) is 0 Å². The number of rotatable bonds is 6. The lowest BCUT2D eigenvalue weighted by Crippen LogP contribution is -2.17. The van der Waals surface area contributed by atoms with Crippen LogP contribution < -0.4 is 4.72 Å². The molecule has 0 bridgehead atoms. The van der Waals surface area contributed by atoms with Gasteiger partial charge in [-0.1, -0.05) is 39.0 Å². The van der Waals surface area contributed by atoms with Crippen molar-refractivity contribution in [3.05, 3.63) is 69.8 Å². The average molecular weight is 555 g/mol. The number of aliphatic imine (C=N–C) groups is 2. The maximum Gasteiger partial charge on any atom is 0.267 e. The highest BCUT2D eigenvalue weighted by atomic mass is 35.5. The van der Waals surface area contributed by atoms with Gasteiger partial charge in [0.15, 0.2) is 10.7 Å². The number of halogens is 4. The second kappa shape index (κ2) is 10.5. The van der Waals surface area contributed by atoms with E-state index in [9.17, 15) is 17.2 Å². The van der Waals surface area contributed by atoms with Crippen LogP contribution in [0.15, 0.2) is 57.4 Å². The van der Waals surface area contributed by atoms with Crippen LogP contribution in [0.1, 0.15) is 37.6 Å². The largest absolute Gasteiger partial charge is 0.276 e. The fourth-order valence-corrected chi connectivity index (χ4v) is 5.55. The Kier molecular flexibility index (Phi) is 8.07. The second-order valence-corrected chi connectivity index (χ2v) is 11.4. The highest BCUT2D eigenvalue weighted by Gasteiger charge is 2.28. The Morgan fingerprint density at radius 3 is 2.31 bits per heavy atom. The molecule has 190 valence electrons. The number of hydrogen-bond donors (Lipinski definition) is 1. The van der Waals surface area contributed by atoms with E-state index in [0.29, 0.717) is 15.6 Å². The molecular formula is C24H22ClF3N4O2S2. The lowest BCUT2D eigenvalue weighted by atomic mass is 9.98. The van der Waals surface area contributed by atoms with Crippen molar-refractivity contribution in [1.29, 1.82) is 0 Å². The second-order valence-electron chi connectivity index (χ2n) is 8.48. The van der Waals surface area contributed by atoms with Crippen LogP contribution >= 0.6 is 22.9 Å². The average Bonchev–Trinajstić information content (AvgIpc) is 3.24. The number of allylic oxidation sites excluding steroid dienone is 1. The first-order chi connectivity index (χ1) is 16.8. The summed E-state index contributed by atoms with van der Waals surface area (Å²) in [5.41, 5.74) is -0.426. The van der Waals surface area contributed by atoms with Crippen LogP contribution in [0.25, 0.3) is 17.0 Å². The highest BCUT2D eigenvalue weighted by molar-refractivity contribution is 7.92. The molecule has 0 aliphatic carbocycles. The molecule has 6 nitrogen and oxygen atoms in total. The minimum absolute atomic E-state index is 0.0526. The molecule has 1 heterocycles. The third-order valence-electron chi connectivity index (χ3n) is 4.80. The number of benzene rings is 2. The van der Waals surface area contributed by atoms with Crippen LogP contribution in [-0.4, -0.2) is 25.4 Å². The summed E-state index contributed by atoms with van der Waals surface area (Å²) in [6.07, 6.45) is 1.64. The molecule has 3 rings (SSSR count). The molecule has 0 fully saturated rings. The SMILES string of the molecule is C=NC(Cl)=N/C(=C\C)c1sc(C(C)(C)C)nc1-c1cccc(NS(=O)(=O)c2c(F)cccc2F)c1F. The molecule has 2 aromatic carbocycles. The number of sulfonamides is 1. The zero-order valence-electron chi connectivity index (χ0n) is 19.7. The van der Waals surface area contributed by atoms with Gasteiger partial charge < -0.3 is 0 Å². The fraction of sp³-hybridized carbons (Fsp3) is 0.208. The maximum absolute atomic E-state index is 15.7. The van der Waals surface area contributed by atoms with E-state index in [1.807, 2.05) is 25.5 Å². The first kappa shape index (κ1) is 27.6. The van der Waals surface area contributed by atoms with E-state index in [1.54, 1.807) is 13.0 Å². The molecular weight excluding hydrogens is 533 g/mol. The van der Waals surface area contributed by atoms with Gasteiger partial charge in [-0.2, -0.15) is 0 Å². The van der Waals surface area contributed by atoms with E-state index < -0.39 is 43.5 Å². The molecule has 36 heavy (non-hydrogen) atoms. The molecule has 1 aromatic heterocycles. The molecule has 0 unspecified atom stereocenters. The maximum atomic E-state index is 15.7. The Bertz CT molecular complexity index is 1470. The summed E-state index contributed by atoms with van der Waals surface area (Å²) < 4.78 is 71.4. The molecule has 0 radical (unpaired) electrons. The monoisotopic (exact) mass is 554 g/mol. The lowest BCUT2D eigenvalue weighted by Gasteiger charge is -2.14. The van der Waals surface area contributed by atoms with E-state index in [4.69, 9.17) is 11.6 Å². The summed E-state index contributed by atoms with van der Waals surface area (Å²) in [5.74, 6) is -3.60. The van der Waals surface area contributed by atoms with Crippen LogP contribution in [0.4, 0.5) is 18.9 Å². The third kappa shape index (κ3) is 5.69. The van der Waals surface area contributed by atoms with Gasteiger partial charge in [0.05, 0.1) is 27.0 Å². The number of thiazole rings is 1. The van der Waals surface area contributed by atoms with Crippen molar-refractivity contribution in [2.75, 3.05) is 4.72 Å². The Morgan fingerprint density at radius 1 is 1.14 bits per heavy atom. The first-order valence-electron chi connectivity index (χ1n) is 10.4. The molecule has 1 N–H and O–H groups in total. The fourth-order valence-electron chi connectivity index (χ4n) is 3.11. The van der Waals surface area contributed by atoms with Gasteiger partial charge in [0.2, 0.25) is 5.29 Å². The summed E-state index contributed by atoms with van der Waals surface area (Å²) in [6, 6.07) is 6.55. The van der Waals surface area contributed by atoms with E-state index in [-0.39, 0.29) is 16.6 Å². The smallest absolute Gasteiger partial charge is 0.267 e. The van der Waals surface area contributed by atoms with Crippen molar-refractivity contribution in [2.45, 2.75) is 38.0 Å². The zero-order valence-corrected chi connectivity index (χ0v) is 22.1. The molecule has 12 heteroatoms. The lowest BCUT2D eigenvalue weighted by molar-refractivity contribution is 0.521. The van der Waals surface area contributed by atoms with Crippen molar-refractivity contribution in [3.8, 4) is 11.3 Å². The van der Waals surface area contributed by atoms with Gasteiger partial charge in [-0.05, 0) is 49.5 Å². The van der Waals surface area contributed by atoms with Crippen molar-refractivity contribution in [2.24, 2.45) is 9.98 Å². The van der Waals surface area contributed by atoms with Crippen LogP contribution in [-0.2, 0) is 15.4 Å². The zero-order chi connectivity index (χ0) is 26.8. The number of nitrogens with zero attached hydrogens (tertiary/aromatic N) is 3.